The second-order valence-electron chi connectivity index (χ2n) is 3.97. The van der Waals surface area contributed by atoms with Gasteiger partial charge in [-0.05, 0) is 12.1 Å². The highest BCUT2D eigenvalue weighted by Gasteiger charge is 2.25. The maximum atomic E-state index is 13.0. The van der Waals surface area contributed by atoms with E-state index >= 15 is 0 Å². The van der Waals surface area contributed by atoms with Crippen LogP contribution in [0, 0.1) is 5.82 Å². The van der Waals surface area contributed by atoms with Crippen molar-refractivity contribution in [2.75, 3.05) is 17.9 Å². The molecule has 0 atom stereocenters. The van der Waals surface area contributed by atoms with E-state index in [9.17, 15) is 4.39 Å². The van der Waals surface area contributed by atoms with Crippen LogP contribution in [0.5, 0.6) is 0 Å². The van der Waals surface area contributed by atoms with Crippen molar-refractivity contribution in [3.8, 4) is 0 Å². The lowest BCUT2D eigenvalue weighted by Crippen LogP contribution is -2.34. The van der Waals surface area contributed by atoms with Gasteiger partial charge in [0.25, 0.3) is 0 Å². The highest BCUT2D eigenvalue weighted by Crippen LogP contribution is 2.16. The Hall–Kier alpha value is -1.10. The van der Waals surface area contributed by atoms with E-state index in [0.717, 1.165) is 13.1 Å². The molecule has 0 N–H and O–H groups in total. The highest BCUT2D eigenvalue weighted by atomic mass is 19.1. The van der Waals surface area contributed by atoms with Crippen LogP contribution in [0.3, 0.4) is 0 Å². The number of halogens is 1. The molecule has 0 aliphatic carbocycles. The molecule has 0 aromatic carbocycles. The van der Waals surface area contributed by atoms with Crippen molar-refractivity contribution in [2.24, 2.45) is 0 Å². The Morgan fingerprint density at radius 1 is 1.47 bits per heavy atom. The molecule has 1 radical (unpaired) electrons. The third-order valence-corrected chi connectivity index (χ3v) is 2.55. The quantitative estimate of drug-likeness (QED) is 0.679. The van der Waals surface area contributed by atoms with Gasteiger partial charge in [-0.3, -0.25) is 0 Å². The van der Waals surface area contributed by atoms with Crippen LogP contribution in [-0.2, 0) is 0 Å². The number of rotatable bonds is 2. The standard InChI is InChI=1S/C10H14BFN3/c1-8(2)14-5-6-15(11-14)10-7-9(12)3-4-13-10/h3-4,7-8H,5-6H2,1-2H3. The van der Waals surface area contributed by atoms with Crippen LogP contribution in [0.2, 0.25) is 0 Å². The smallest absolute Gasteiger partial charge is 0.353 e. The van der Waals surface area contributed by atoms with Crippen molar-refractivity contribution in [3.63, 3.8) is 0 Å². The van der Waals surface area contributed by atoms with Crippen LogP contribution in [0.15, 0.2) is 18.3 Å². The number of hydrogen-bond acceptors (Lipinski definition) is 3. The van der Waals surface area contributed by atoms with Crippen LogP contribution >= 0.6 is 0 Å². The van der Waals surface area contributed by atoms with E-state index < -0.39 is 0 Å². The van der Waals surface area contributed by atoms with Gasteiger partial charge in [-0.15, -0.1) is 0 Å². The van der Waals surface area contributed by atoms with Gasteiger partial charge in [0.05, 0.1) is 0 Å². The largest absolute Gasteiger partial charge is 0.388 e. The van der Waals surface area contributed by atoms with Crippen molar-refractivity contribution >= 4 is 13.4 Å². The Bertz CT molecular complexity index is 345. The lowest BCUT2D eigenvalue weighted by atomic mass is 10.1. The third-order valence-electron chi connectivity index (χ3n) is 2.55. The SMILES string of the molecule is CC(C)N1[B]N(c2cc(F)ccn2)CC1. The normalized spacial score (nSPS) is 17.2. The van der Waals surface area contributed by atoms with Crippen LogP contribution in [0.25, 0.3) is 0 Å². The first-order valence-corrected chi connectivity index (χ1v) is 5.16. The Labute approximate surface area is 90.2 Å². The molecule has 0 saturated carbocycles. The minimum Gasteiger partial charge on any atom is -0.388 e. The molecule has 0 amide bonds. The highest BCUT2D eigenvalue weighted by molar-refractivity contribution is 6.39. The van der Waals surface area contributed by atoms with E-state index in [-0.39, 0.29) is 5.82 Å². The van der Waals surface area contributed by atoms with Crippen LogP contribution in [-0.4, -0.2) is 36.5 Å². The molecular weight excluding hydrogens is 192 g/mol. The molecule has 1 aromatic rings. The minimum absolute atomic E-state index is 0.239. The summed E-state index contributed by atoms with van der Waals surface area (Å²) in [5.74, 6) is 0.439. The van der Waals surface area contributed by atoms with E-state index in [1.807, 2.05) is 12.4 Å². The molecule has 1 aliphatic rings. The van der Waals surface area contributed by atoms with Gasteiger partial charge in [0.1, 0.15) is 11.6 Å². The van der Waals surface area contributed by atoms with Crippen LogP contribution in [0.1, 0.15) is 13.8 Å². The number of nitrogens with zero attached hydrogens (tertiary/aromatic N) is 3. The summed E-state index contributed by atoms with van der Waals surface area (Å²) in [6.45, 7) is 6.11. The average Bonchev–Trinajstić information content (AvgIpc) is 2.66. The maximum Gasteiger partial charge on any atom is 0.353 e. The molecule has 2 rings (SSSR count). The van der Waals surface area contributed by atoms with Gasteiger partial charge in [0, 0.05) is 25.4 Å². The van der Waals surface area contributed by atoms with E-state index in [1.165, 1.54) is 18.3 Å². The predicted molar refractivity (Wildman–Crippen MR) is 59.1 cm³/mol. The van der Waals surface area contributed by atoms with Crippen molar-refractivity contribution < 1.29 is 4.39 Å². The van der Waals surface area contributed by atoms with Gasteiger partial charge in [-0.1, -0.05) is 13.8 Å². The first-order chi connectivity index (χ1) is 7.16. The van der Waals surface area contributed by atoms with Crippen molar-refractivity contribution in [1.82, 2.24) is 9.79 Å². The van der Waals surface area contributed by atoms with E-state index in [4.69, 9.17) is 0 Å². The average molecular weight is 206 g/mol. The summed E-state index contributed by atoms with van der Waals surface area (Å²) in [6.07, 6.45) is 1.50. The number of anilines is 1. The molecule has 5 heteroatoms. The summed E-state index contributed by atoms with van der Waals surface area (Å²) >= 11 is 0. The summed E-state index contributed by atoms with van der Waals surface area (Å²) in [6, 6.07) is 3.30. The first-order valence-electron chi connectivity index (χ1n) is 5.16. The third kappa shape index (κ3) is 2.29. The molecule has 1 saturated heterocycles. The van der Waals surface area contributed by atoms with Crippen LogP contribution < -0.4 is 4.81 Å². The maximum absolute atomic E-state index is 13.0. The molecule has 3 nitrogen and oxygen atoms in total. The Kier molecular flexibility index (Phi) is 2.91. The van der Waals surface area contributed by atoms with E-state index in [2.05, 4.69) is 23.6 Å². The van der Waals surface area contributed by atoms with Gasteiger partial charge in [0.15, 0.2) is 0 Å². The monoisotopic (exact) mass is 206 g/mol. The van der Waals surface area contributed by atoms with Crippen molar-refractivity contribution in [3.05, 3.63) is 24.1 Å². The fraction of sp³-hybridized carbons (Fsp3) is 0.500. The fourth-order valence-corrected chi connectivity index (χ4v) is 1.63. The summed E-state index contributed by atoms with van der Waals surface area (Å²) in [7, 11) is 2.01. The van der Waals surface area contributed by atoms with Crippen molar-refractivity contribution in [1.29, 1.82) is 0 Å². The molecule has 0 bridgehead atoms. The molecule has 79 valence electrons. The molecule has 1 aliphatic heterocycles. The predicted octanol–water partition coefficient (Wildman–Crippen LogP) is 1.29. The first kappa shape index (κ1) is 10.4. The van der Waals surface area contributed by atoms with Gasteiger partial charge < -0.3 is 9.62 Å². The van der Waals surface area contributed by atoms with Gasteiger partial charge >= 0.3 is 7.55 Å². The summed E-state index contributed by atoms with van der Waals surface area (Å²) in [4.78, 5) is 8.33. The zero-order valence-electron chi connectivity index (χ0n) is 9.02. The van der Waals surface area contributed by atoms with Crippen LogP contribution in [0.4, 0.5) is 10.2 Å². The summed E-state index contributed by atoms with van der Waals surface area (Å²) < 4.78 is 13.0. The number of pyridine rings is 1. The van der Waals surface area contributed by atoms with Gasteiger partial charge in [-0.2, -0.15) is 0 Å². The zero-order valence-corrected chi connectivity index (χ0v) is 9.02. The lowest BCUT2D eigenvalue weighted by molar-refractivity contribution is 0.405. The summed E-state index contributed by atoms with van der Waals surface area (Å²) in [5, 5.41) is 0. The van der Waals surface area contributed by atoms with Gasteiger partial charge in [-0.25, -0.2) is 9.37 Å². The molecule has 1 fully saturated rings. The molecular formula is C10H14BFN3. The molecule has 1 aromatic heterocycles. The second-order valence-corrected chi connectivity index (χ2v) is 3.97. The molecule has 0 spiro atoms. The lowest BCUT2D eigenvalue weighted by Gasteiger charge is -2.19. The molecule has 2 heterocycles. The van der Waals surface area contributed by atoms with Gasteiger partial charge in [0.2, 0.25) is 0 Å². The minimum atomic E-state index is -0.239. The molecule has 15 heavy (non-hydrogen) atoms. The second kappa shape index (κ2) is 4.19. The Morgan fingerprint density at radius 2 is 2.27 bits per heavy atom. The zero-order chi connectivity index (χ0) is 10.8. The summed E-state index contributed by atoms with van der Waals surface area (Å²) in [5.41, 5.74) is 0. The van der Waals surface area contributed by atoms with Crippen molar-refractivity contribution in [2.45, 2.75) is 19.9 Å². The van der Waals surface area contributed by atoms with E-state index in [1.54, 1.807) is 0 Å². The molecule has 0 unspecified atom stereocenters. The number of aromatic nitrogens is 1. The fourth-order valence-electron chi connectivity index (χ4n) is 1.63. The topological polar surface area (TPSA) is 19.4 Å². The number of hydrogen-bond donors (Lipinski definition) is 0. The Balaban J connectivity index is 2.08. The Morgan fingerprint density at radius 3 is 2.87 bits per heavy atom. The van der Waals surface area contributed by atoms with E-state index in [0.29, 0.717) is 11.9 Å².